The Labute approximate surface area is 139 Å². The van der Waals surface area contributed by atoms with E-state index in [1.54, 1.807) is 18.3 Å². The number of benzene rings is 2. The van der Waals surface area contributed by atoms with Gasteiger partial charge in [0.25, 0.3) is 5.91 Å². The molecule has 0 aliphatic heterocycles. The highest BCUT2D eigenvalue weighted by Gasteiger charge is 2.18. The number of aromatic nitrogens is 1. The van der Waals surface area contributed by atoms with Crippen LogP contribution in [0.25, 0.3) is 10.9 Å². The second-order valence-electron chi connectivity index (χ2n) is 5.98. The largest absolute Gasteiger partial charge is 0.322 e. The van der Waals surface area contributed by atoms with Gasteiger partial charge in [-0.1, -0.05) is 12.1 Å². The number of pyridine rings is 1. The molecule has 4 heteroatoms. The van der Waals surface area contributed by atoms with E-state index in [-0.39, 0.29) is 11.7 Å². The van der Waals surface area contributed by atoms with Crippen molar-refractivity contribution < 1.29 is 9.59 Å². The lowest BCUT2D eigenvalue weighted by molar-refractivity contribution is 0.0971. The summed E-state index contributed by atoms with van der Waals surface area (Å²) in [5.74, 6) is 0.0185. The van der Waals surface area contributed by atoms with Crippen molar-refractivity contribution in [3.05, 3.63) is 71.4 Å². The second kappa shape index (κ2) is 5.89. The predicted octanol–water partition coefficient (Wildman–Crippen LogP) is 4.01. The zero-order valence-electron chi connectivity index (χ0n) is 13.1. The molecule has 4 nitrogen and oxygen atoms in total. The monoisotopic (exact) mass is 316 g/mol. The number of fused-ring (bicyclic) bond motifs is 2. The van der Waals surface area contributed by atoms with E-state index in [0.717, 1.165) is 34.9 Å². The molecule has 24 heavy (non-hydrogen) atoms. The number of anilines is 1. The Hall–Kier alpha value is -3.01. The molecule has 1 amide bonds. The first kappa shape index (κ1) is 14.6. The molecule has 1 aliphatic rings. The molecule has 0 saturated heterocycles. The van der Waals surface area contributed by atoms with Gasteiger partial charge in [0.2, 0.25) is 0 Å². The van der Waals surface area contributed by atoms with Gasteiger partial charge in [-0.2, -0.15) is 0 Å². The fourth-order valence-corrected chi connectivity index (χ4v) is 3.22. The zero-order chi connectivity index (χ0) is 16.5. The molecule has 118 valence electrons. The number of carbonyl (C=O) groups is 2. The van der Waals surface area contributed by atoms with E-state index in [9.17, 15) is 9.59 Å². The van der Waals surface area contributed by atoms with Crippen LogP contribution in [0.3, 0.4) is 0 Å². The minimum atomic E-state index is -0.171. The Morgan fingerprint density at radius 1 is 1.04 bits per heavy atom. The molecule has 0 unspecified atom stereocenters. The van der Waals surface area contributed by atoms with Gasteiger partial charge in [0.05, 0.1) is 5.52 Å². The van der Waals surface area contributed by atoms with Crippen molar-refractivity contribution in [2.45, 2.75) is 19.3 Å². The van der Waals surface area contributed by atoms with E-state index in [4.69, 9.17) is 0 Å². The Morgan fingerprint density at radius 3 is 2.88 bits per heavy atom. The van der Waals surface area contributed by atoms with Gasteiger partial charge in [-0.05, 0) is 54.8 Å². The number of nitrogens with zero attached hydrogens (tertiary/aromatic N) is 1. The first-order chi connectivity index (χ1) is 11.7. The molecule has 0 fully saturated rings. The number of hydrogen-bond acceptors (Lipinski definition) is 3. The van der Waals surface area contributed by atoms with Crippen LogP contribution in [0.2, 0.25) is 0 Å². The van der Waals surface area contributed by atoms with Crippen molar-refractivity contribution in [1.82, 2.24) is 4.98 Å². The average molecular weight is 316 g/mol. The molecule has 1 aromatic heterocycles. The molecular weight excluding hydrogens is 300 g/mol. The van der Waals surface area contributed by atoms with Crippen molar-refractivity contribution in [2.75, 3.05) is 5.32 Å². The van der Waals surface area contributed by atoms with Crippen LogP contribution in [0, 0.1) is 0 Å². The SMILES string of the molecule is O=C1CCCc2cc(NC(=O)c3cccc4ncccc34)ccc21. The predicted molar refractivity (Wildman–Crippen MR) is 93.4 cm³/mol. The van der Waals surface area contributed by atoms with Crippen molar-refractivity contribution in [2.24, 2.45) is 0 Å². The van der Waals surface area contributed by atoms with Gasteiger partial charge < -0.3 is 5.32 Å². The number of aryl methyl sites for hydroxylation is 1. The maximum Gasteiger partial charge on any atom is 0.256 e. The first-order valence-electron chi connectivity index (χ1n) is 8.03. The molecular formula is C20H16N2O2. The summed E-state index contributed by atoms with van der Waals surface area (Å²) in [6, 6.07) is 14.7. The lowest BCUT2D eigenvalue weighted by Crippen LogP contribution is -2.15. The first-order valence-corrected chi connectivity index (χ1v) is 8.03. The molecule has 1 heterocycles. The average Bonchev–Trinajstić information content (AvgIpc) is 2.61. The highest BCUT2D eigenvalue weighted by Crippen LogP contribution is 2.25. The Kier molecular flexibility index (Phi) is 3.58. The van der Waals surface area contributed by atoms with E-state index >= 15 is 0 Å². The number of nitrogens with one attached hydrogen (secondary N) is 1. The molecule has 0 radical (unpaired) electrons. The van der Waals surface area contributed by atoms with Crippen LogP contribution in [0.15, 0.2) is 54.7 Å². The molecule has 0 bridgehead atoms. The van der Waals surface area contributed by atoms with Gasteiger partial charge in [0.1, 0.15) is 0 Å². The van der Waals surface area contributed by atoms with Crippen molar-refractivity contribution in [3.8, 4) is 0 Å². The van der Waals surface area contributed by atoms with Gasteiger partial charge in [-0.25, -0.2) is 0 Å². The molecule has 0 spiro atoms. The van der Waals surface area contributed by atoms with Crippen LogP contribution in [0.4, 0.5) is 5.69 Å². The third-order valence-electron chi connectivity index (χ3n) is 4.40. The number of Topliss-reactive ketones (excluding diaryl/α,β-unsaturated/α-hetero) is 1. The zero-order valence-corrected chi connectivity index (χ0v) is 13.1. The minimum Gasteiger partial charge on any atom is -0.322 e. The van der Waals surface area contributed by atoms with Crippen LogP contribution < -0.4 is 5.32 Å². The van der Waals surface area contributed by atoms with Crippen LogP contribution in [0.5, 0.6) is 0 Å². The Bertz CT molecular complexity index is 958. The van der Waals surface area contributed by atoms with Crippen LogP contribution in [0.1, 0.15) is 39.1 Å². The summed E-state index contributed by atoms with van der Waals surface area (Å²) in [6.45, 7) is 0. The summed E-state index contributed by atoms with van der Waals surface area (Å²) in [7, 11) is 0. The maximum absolute atomic E-state index is 12.7. The minimum absolute atomic E-state index is 0.171. The normalized spacial score (nSPS) is 13.6. The standard InChI is InChI=1S/C20H16N2O2/c23-19-8-1-4-13-12-14(9-10-15(13)19)22-20(24)17-5-2-7-18-16(17)6-3-11-21-18/h2-3,5-7,9-12H,1,4,8H2,(H,22,24). The number of rotatable bonds is 2. The number of carbonyl (C=O) groups excluding carboxylic acids is 2. The smallest absolute Gasteiger partial charge is 0.256 e. The van der Waals surface area contributed by atoms with Crippen molar-refractivity contribution >= 4 is 28.3 Å². The van der Waals surface area contributed by atoms with Crippen LogP contribution in [-0.4, -0.2) is 16.7 Å². The molecule has 1 N–H and O–H groups in total. The summed E-state index contributed by atoms with van der Waals surface area (Å²) >= 11 is 0. The quantitative estimate of drug-likeness (QED) is 0.777. The lowest BCUT2D eigenvalue weighted by Gasteiger charge is -2.16. The van der Waals surface area contributed by atoms with Crippen LogP contribution in [-0.2, 0) is 6.42 Å². The number of amides is 1. The highest BCUT2D eigenvalue weighted by atomic mass is 16.1. The van der Waals surface area contributed by atoms with Crippen molar-refractivity contribution in [1.29, 1.82) is 0 Å². The molecule has 3 aromatic rings. The maximum atomic E-state index is 12.7. The summed E-state index contributed by atoms with van der Waals surface area (Å²) in [4.78, 5) is 28.8. The summed E-state index contributed by atoms with van der Waals surface area (Å²) < 4.78 is 0. The topological polar surface area (TPSA) is 59.1 Å². The summed E-state index contributed by atoms with van der Waals surface area (Å²) in [5.41, 5.74) is 3.90. The third kappa shape index (κ3) is 2.56. The van der Waals surface area contributed by atoms with E-state index in [0.29, 0.717) is 17.7 Å². The molecule has 0 atom stereocenters. The third-order valence-corrected chi connectivity index (χ3v) is 4.40. The molecule has 4 rings (SSSR count). The summed E-state index contributed by atoms with van der Waals surface area (Å²) in [5, 5.41) is 3.76. The lowest BCUT2D eigenvalue weighted by atomic mass is 9.90. The number of hydrogen-bond donors (Lipinski definition) is 1. The van der Waals surface area contributed by atoms with Gasteiger partial charge in [-0.3, -0.25) is 14.6 Å². The van der Waals surface area contributed by atoms with E-state index in [2.05, 4.69) is 10.3 Å². The Balaban J connectivity index is 1.65. The van der Waals surface area contributed by atoms with E-state index < -0.39 is 0 Å². The van der Waals surface area contributed by atoms with E-state index in [1.165, 1.54) is 0 Å². The summed E-state index contributed by atoms with van der Waals surface area (Å²) in [6.07, 6.45) is 4.08. The van der Waals surface area contributed by atoms with Gasteiger partial charge in [0.15, 0.2) is 5.78 Å². The molecule has 2 aromatic carbocycles. The van der Waals surface area contributed by atoms with Gasteiger partial charge in [0, 0.05) is 34.8 Å². The second-order valence-corrected chi connectivity index (χ2v) is 5.98. The van der Waals surface area contributed by atoms with Gasteiger partial charge >= 0.3 is 0 Å². The number of ketones is 1. The molecule has 0 saturated carbocycles. The fourth-order valence-electron chi connectivity index (χ4n) is 3.22. The highest BCUT2D eigenvalue weighted by molar-refractivity contribution is 6.12. The van der Waals surface area contributed by atoms with Gasteiger partial charge in [-0.15, -0.1) is 0 Å². The molecule has 1 aliphatic carbocycles. The van der Waals surface area contributed by atoms with Crippen LogP contribution >= 0.6 is 0 Å². The fraction of sp³-hybridized carbons (Fsp3) is 0.150. The Morgan fingerprint density at radius 2 is 1.96 bits per heavy atom. The van der Waals surface area contributed by atoms with E-state index in [1.807, 2.05) is 36.4 Å². The van der Waals surface area contributed by atoms with Crippen molar-refractivity contribution in [3.63, 3.8) is 0 Å².